The largest absolute Gasteiger partial charge is 0.493 e. The van der Waals surface area contributed by atoms with Crippen molar-refractivity contribution >= 4 is 17.6 Å². The first kappa shape index (κ1) is 24.7. The van der Waals surface area contributed by atoms with Gasteiger partial charge in [-0.05, 0) is 56.0 Å². The Morgan fingerprint density at radius 2 is 1.86 bits per heavy atom. The SMILES string of the molecule is CCOc1ccc(CNC(=O)C2CCN(C(=O)N3C[C@H](CC)Oc4ccccc43)CC2)cc1OC. The van der Waals surface area contributed by atoms with Crippen molar-refractivity contribution in [3.05, 3.63) is 48.0 Å². The Kier molecular flexibility index (Phi) is 8.00. The van der Waals surface area contributed by atoms with Crippen molar-refractivity contribution in [1.29, 1.82) is 0 Å². The summed E-state index contributed by atoms with van der Waals surface area (Å²) in [6, 6.07) is 13.3. The number of urea groups is 1. The average molecular weight is 482 g/mol. The Morgan fingerprint density at radius 1 is 1.09 bits per heavy atom. The maximum Gasteiger partial charge on any atom is 0.324 e. The van der Waals surface area contributed by atoms with Crippen LogP contribution in [0.4, 0.5) is 10.5 Å². The van der Waals surface area contributed by atoms with Crippen LogP contribution >= 0.6 is 0 Å². The molecule has 8 nitrogen and oxygen atoms in total. The van der Waals surface area contributed by atoms with Crippen LogP contribution in [0.5, 0.6) is 17.2 Å². The van der Waals surface area contributed by atoms with Crippen LogP contribution in [0.3, 0.4) is 0 Å². The number of carbonyl (C=O) groups is 2. The molecule has 0 unspecified atom stereocenters. The van der Waals surface area contributed by atoms with Crippen molar-refractivity contribution in [1.82, 2.24) is 10.2 Å². The number of nitrogens with zero attached hydrogens (tertiary/aromatic N) is 2. The maximum atomic E-state index is 13.4. The zero-order valence-electron chi connectivity index (χ0n) is 20.8. The van der Waals surface area contributed by atoms with Crippen molar-refractivity contribution in [3.8, 4) is 17.2 Å². The van der Waals surface area contributed by atoms with Gasteiger partial charge in [-0.3, -0.25) is 9.69 Å². The number of likely N-dealkylation sites (tertiary alicyclic amines) is 1. The summed E-state index contributed by atoms with van der Waals surface area (Å²) < 4.78 is 17.0. The minimum absolute atomic E-state index is 0.0143. The third-order valence-electron chi connectivity index (χ3n) is 6.65. The molecule has 0 spiro atoms. The van der Waals surface area contributed by atoms with Gasteiger partial charge in [0.2, 0.25) is 5.91 Å². The molecule has 2 aromatic carbocycles. The monoisotopic (exact) mass is 481 g/mol. The van der Waals surface area contributed by atoms with Crippen LogP contribution in [0, 0.1) is 5.92 Å². The summed E-state index contributed by atoms with van der Waals surface area (Å²) in [5.74, 6) is 2.01. The Balaban J connectivity index is 1.31. The van der Waals surface area contributed by atoms with Gasteiger partial charge in [0.25, 0.3) is 0 Å². The van der Waals surface area contributed by atoms with Gasteiger partial charge in [0, 0.05) is 25.6 Å². The number of anilines is 1. The third kappa shape index (κ3) is 5.63. The molecular formula is C27H35N3O5. The van der Waals surface area contributed by atoms with Gasteiger partial charge < -0.3 is 24.4 Å². The van der Waals surface area contributed by atoms with E-state index in [1.807, 2.05) is 59.2 Å². The van der Waals surface area contributed by atoms with E-state index in [1.54, 1.807) is 7.11 Å². The lowest BCUT2D eigenvalue weighted by Crippen LogP contribution is -2.52. The molecule has 1 saturated heterocycles. The summed E-state index contributed by atoms with van der Waals surface area (Å²) in [7, 11) is 1.60. The number of ether oxygens (including phenoxy) is 3. The van der Waals surface area contributed by atoms with Gasteiger partial charge in [0.1, 0.15) is 11.9 Å². The lowest BCUT2D eigenvalue weighted by molar-refractivity contribution is -0.126. The van der Waals surface area contributed by atoms with E-state index in [4.69, 9.17) is 14.2 Å². The summed E-state index contributed by atoms with van der Waals surface area (Å²) in [6.07, 6.45) is 2.11. The number of amides is 3. The van der Waals surface area contributed by atoms with Crippen LogP contribution in [-0.4, -0.2) is 56.3 Å². The van der Waals surface area contributed by atoms with Gasteiger partial charge in [0.15, 0.2) is 11.5 Å². The quantitative estimate of drug-likeness (QED) is 0.641. The molecule has 1 N–H and O–H groups in total. The van der Waals surface area contributed by atoms with E-state index in [0.29, 0.717) is 57.1 Å². The van der Waals surface area contributed by atoms with Crippen LogP contribution in [-0.2, 0) is 11.3 Å². The van der Waals surface area contributed by atoms with Crippen molar-refractivity contribution in [2.45, 2.75) is 45.8 Å². The first-order valence-corrected chi connectivity index (χ1v) is 12.4. The molecule has 0 bridgehead atoms. The molecule has 1 fully saturated rings. The molecule has 0 saturated carbocycles. The number of para-hydroxylation sites is 2. The molecule has 3 amide bonds. The summed E-state index contributed by atoms with van der Waals surface area (Å²) in [4.78, 5) is 29.9. The lowest BCUT2D eigenvalue weighted by atomic mass is 9.96. The van der Waals surface area contributed by atoms with Crippen LogP contribution in [0.15, 0.2) is 42.5 Å². The number of piperidine rings is 1. The van der Waals surface area contributed by atoms with E-state index in [-0.39, 0.29) is 24.0 Å². The van der Waals surface area contributed by atoms with Crippen LogP contribution < -0.4 is 24.4 Å². The minimum Gasteiger partial charge on any atom is -0.493 e. The Hall–Kier alpha value is -3.42. The van der Waals surface area contributed by atoms with Crippen molar-refractivity contribution in [2.75, 3.05) is 38.3 Å². The first-order chi connectivity index (χ1) is 17.0. The topological polar surface area (TPSA) is 80.3 Å². The smallest absolute Gasteiger partial charge is 0.324 e. The second-order valence-electron chi connectivity index (χ2n) is 8.91. The van der Waals surface area contributed by atoms with Crippen LogP contribution in [0.2, 0.25) is 0 Å². The number of hydrogen-bond acceptors (Lipinski definition) is 5. The molecule has 0 aromatic heterocycles. The molecule has 0 radical (unpaired) electrons. The van der Waals surface area contributed by atoms with Gasteiger partial charge in [-0.25, -0.2) is 4.79 Å². The predicted molar refractivity (Wildman–Crippen MR) is 134 cm³/mol. The lowest BCUT2D eigenvalue weighted by Gasteiger charge is -2.39. The zero-order chi connectivity index (χ0) is 24.8. The molecule has 4 rings (SSSR count). The molecule has 35 heavy (non-hydrogen) atoms. The molecular weight excluding hydrogens is 446 g/mol. The minimum atomic E-state index is -0.107. The zero-order valence-corrected chi connectivity index (χ0v) is 20.8. The highest BCUT2D eigenvalue weighted by Gasteiger charge is 2.34. The van der Waals surface area contributed by atoms with E-state index in [2.05, 4.69) is 12.2 Å². The number of methoxy groups -OCH3 is 1. The summed E-state index contributed by atoms with van der Waals surface area (Å²) >= 11 is 0. The fourth-order valence-electron chi connectivity index (χ4n) is 4.63. The highest BCUT2D eigenvalue weighted by atomic mass is 16.5. The second kappa shape index (κ2) is 11.3. The number of hydrogen-bond donors (Lipinski definition) is 1. The van der Waals surface area contributed by atoms with Crippen LogP contribution in [0.1, 0.15) is 38.7 Å². The van der Waals surface area contributed by atoms with Crippen molar-refractivity contribution in [2.24, 2.45) is 5.92 Å². The third-order valence-corrected chi connectivity index (χ3v) is 6.65. The maximum absolute atomic E-state index is 13.4. The number of fused-ring (bicyclic) bond motifs is 1. The Morgan fingerprint density at radius 3 is 2.57 bits per heavy atom. The molecule has 1 atom stereocenters. The number of nitrogens with one attached hydrogen (secondary N) is 1. The Bertz CT molecular complexity index is 1040. The second-order valence-corrected chi connectivity index (χ2v) is 8.91. The fourth-order valence-corrected chi connectivity index (χ4v) is 4.63. The molecule has 2 aliphatic rings. The number of benzene rings is 2. The number of rotatable bonds is 7. The average Bonchev–Trinajstić information content (AvgIpc) is 2.91. The summed E-state index contributed by atoms with van der Waals surface area (Å²) in [5, 5.41) is 3.04. The molecule has 2 aromatic rings. The standard InChI is InChI=1S/C27H35N3O5/c1-4-21-18-30(22-8-6-7-9-23(22)35-21)27(32)29-14-12-20(13-15-29)26(31)28-17-19-10-11-24(34-5-2)25(16-19)33-3/h6-11,16,20-21H,4-5,12-15,17-18H2,1-3H3,(H,28,31)/t21-/m0/s1. The molecule has 8 heteroatoms. The van der Waals surface area contributed by atoms with Crippen LogP contribution in [0.25, 0.3) is 0 Å². The van der Waals surface area contributed by atoms with Gasteiger partial charge in [-0.2, -0.15) is 0 Å². The van der Waals surface area contributed by atoms with Gasteiger partial charge in [-0.1, -0.05) is 25.1 Å². The summed E-state index contributed by atoms with van der Waals surface area (Å²) in [5.41, 5.74) is 1.76. The van der Waals surface area contributed by atoms with Gasteiger partial charge >= 0.3 is 6.03 Å². The van der Waals surface area contributed by atoms with Gasteiger partial charge in [-0.15, -0.1) is 0 Å². The molecule has 2 heterocycles. The van der Waals surface area contributed by atoms with E-state index in [1.165, 1.54) is 0 Å². The van der Waals surface area contributed by atoms with E-state index in [0.717, 1.165) is 23.4 Å². The van der Waals surface area contributed by atoms with Crippen molar-refractivity contribution in [3.63, 3.8) is 0 Å². The molecule has 0 aliphatic carbocycles. The van der Waals surface area contributed by atoms with E-state index < -0.39 is 0 Å². The summed E-state index contributed by atoms with van der Waals surface area (Å²) in [6.45, 7) is 6.63. The Labute approximate surface area is 207 Å². The first-order valence-electron chi connectivity index (χ1n) is 12.4. The molecule has 188 valence electrons. The van der Waals surface area contributed by atoms with Gasteiger partial charge in [0.05, 0.1) is 25.9 Å². The van der Waals surface area contributed by atoms with E-state index >= 15 is 0 Å². The highest BCUT2D eigenvalue weighted by Crippen LogP contribution is 2.35. The molecule has 2 aliphatic heterocycles. The number of carbonyl (C=O) groups excluding carboxylic acids is 2. The fraction of sp³-hybridized carbons (Fsp3) is 0.481. The highest BCUT2D eigenvalue weighted by molar-refractivity contribution is 5.94. The van der Waals surface area contributed by atoms with Crippen molar-refractivity contribution < 1.29 is 23.8 Å². The van der Waals surface area contributed by atoms with E-state index in [9.17, 15) is 9.59 Å². The predicted octanol–water partition coefficient (Wildman–Crippen LogP) is 4.22. The normalized spacial score (nSPS) is 17.9.